The van der Waals surface area contributed by atoms with Gasteiger partial charge >= 0.3 is 11.9 Å². The van der Waals surface area contributed by atoms with Gasteiger partial charge in [-0.15, -0.1) is 0 Å². The van der Waals surface area contributed by atoms with Gasteiger partial charge in [-0.2, -0.15) is 0 Å². The molecule has 8 rings (SSSR count). The molecule has 0 aromatic heterocycles. The Kier molecular flexibility index (Phi) is 16.7. The monoisotopic (exact) mass is 1090 g/mol. The first-order valence-corrected chi connectivity index (χ1v) is 26.7. The Balaban J connectivity index is 1.12. The van der Waals surface area contributed by atoms with Gasteiger partial charge in [-0.3, -0.25) is 0 Å². The molecule has 7 fully saturated rings. The van der Waals surface area contributed by atoms with Crippen molar-refractivity contribution in [3.05, 3.63) is 23.3 Å². The van der Waals surface area contributed by atoms with Gasteiger partial charge in [0.1, 0.15) is 79.4 Å². The molecule has 27 atom stereocenters. The summed E-state index contributed by atoms with van der Waals surface area (Å²) in [6.07, 6.45) is -28.6. The summed E-state index contributed by atoms with van der Waals surface area (Å²) in [4.78, 5) is 26.1. The zero-order valence-corrected chi connectivity index (χ0v) is 44.7. The van der Waals surface area contributed by atoms with Crippen LogP contribution < -0.4 is 0 Å². The van der Waals surface area contributed by atoms with Crippen LogP contribution in [0, 0.1) is 50.2 Å². The standard InChI is InChI=1S/C53H84O23/c1-10-21(2)44(69)76-42-41(66)53(20-56)23(17-48(42,3)4)22-11-12-27-50(7)15-14-28(49(5,6)26(50)13-16-51(27,8)52(22,9)39(64)40(53)65)72-47-38(75-46-34(62)32(60)30(58)25(19-55)71-46)36(35(63)37(74-47)43(67)68)73-45-33(61)31(59)29(57)24(18-54)70-45/h10-11,23-42,45-47,54-66H,12-20H2,1-9H3,(H,67,68)/b21-10+/t23-,24+,25+,26-,27+,28-,29-,30-,31-,32-,33+,34+,35-,36-,37-,38+,39-,40+,41-,42-,45-,46-,47+,50-,51+,52-,53-/m0/s1. The highest BCUT2D eigenvalue weighted by molar-refractivity contribution is 5.87. The fraction of sp³-hybridized carbons (Fsp3) is 0.887. The smallest absolute Gasteiger partial charge is 0.335 e. The first kappa shape index (κ1) is 59.8. The molecule has 23 nitrogen and oxygen atoms in total. The van der Waals surface area contributed by atoms with Gasteiger partial charge in [0.15, 0.2) is 25.0 Å². The van der Waals surface area contributed by atoms with Crippen LogP contribution in [-0.4, -0.2) is 226 Å². The third-order valence-electron chi connectivity index (χ3n) is 20.8. The van der Waals surface area contributed by atoms with Gasteiger partial charge in [-0.25, -0.2) is 9.59 Å². The molecule has 0 aromatic rings. The van der Waals surface area contributed by atoms with Crippen LogP contribution >= 0.6 is 0 Å². The highest BCUT2D eigenvalue weighted by Gasteiger charge is 2.76. The number of aliphatic hydroxyl groups excluding tert-OH is 13. The number of fused-ring (bicyclic) bond motifs is 7. The number of aliphatic hydroxyl groups is 13. The summed E-state index contributed by atoms with van der Waals surface area (Å²) >= 11 is 0. The number of ether oxygens (including phenoxy) is 7. The van der Waals surface area contributed by atoms with Crippen LogP contribution in [0.2, 0.25) is 0 Å². The summed E-state index contributed by atoms with van der Waals surface area (Å²) in [7, 11) is 0. The zero-order chi connectivity index (χ0) is 56.3. The molecular weight excluding hydrogens is 1000 g/mol. The Bertz CT molecular complexity index is 2190. The molecule has 14 N–H and O–H groups in total. The molecule has 0 aromatic carbocycles. The van der Waals surface area contributed by atoms with E-state index < -0.39 is 193 Å². The second kappa shape index (κ2) is 21.2. The summed E-state index contributed by atoms with van der Waals surface area (Å²) < 4.78 is 42.3. The van der Waals surface area contributed by atoms with E-state index in [1.165, 1.54) is 0 Å². The van der Waals surface area contributed by atoms with E-state index in [0.717, 1.165) is 5.57 Å². The van der Waals surface area contributed by atoms with Crippen molar-refractivity contribution < 1.29 is 114 Å². The van der Waals surface area contributed by atoms with E-state index in [1.807, 2.05) is 34.6 Å². The predicted octanol–water partition coefficient (Wildman–Crippen LogP) is -1.89. The number of carboxylic acids is 1. The molecule has 76 heavy (non-hydrogen) atoms. The fourth-order valence-electron chi connectivity index (χ4n) is 16.0. The third-order valence-corrected chi connectivity index (χ3v) is 20.8. The summed E-state index contributed by atoms with van der Waals surface area (Å²) in [5, 5.41) is 156. The van der Waals surface area contributed by atoms with Crippen molar-refractivity contribution in [2.24, 2.45) is 50.2 Å². The topological polar surface area (TPSA) is 382 Å². The number of carbonyl (C=O) groups is 2. The van der Waals surface area contributed by atoms with E-state index >= 15 is 0 Å². The number of hydrogen-bond donors (Lipinski definition) is 14. The Morgan fingerprint density at radius 3 is 1.76 bits per heavy atom. The summed E-state index contributed by atoms with van der Waals surface area (Å²) in [5.41, 5.74) is -4.44. The first-order chi connectivity index (χ1) is 35.4. The van der Waals surface area contributed by atoms with Gasteiger partial charge in [-0.05, 0) is 86.4 Å². The van der Waals surface area contributed by atoms with Crippen molar-refractivity contribution in [3.8, 4) is 0 Å². The highest BCUT2D eigenvalue weighted by atomic mass is 16.8. The van der Waals surface area contributed by atoms with Gasteiger partial charge in [0, 0.05) is 16.4 Å². The number of aliphatic carboxylic acids is 1. The minimum absolute atomic E-state index is 0.133. The lowest BCUT2D eigenvalue weighted by atomic mass is 9.32. The van der Waals surface area contributed by atoms with E-state index in [4.69, 9.17) is 33.2 Å². The molecular formula is C53H84O23. The van der Waals surface area contributed by atoms with Crippen LogP contribution in [0.5, 0.6) is 0 Å². The maximum atomic E-state index is 13.2. The number of rotatable bonds is 12. The number of carbonyl (C=O) groups excluding carboxylic acids is 1. The normalized spacial score (nSPS) is 52.0. The molecule has 5 aliphatic carbocycles. The van der Waals surface area contributed by atoms with Crippen LogP contribution in [0.25, 0.3) is 0 Å². The molecule has 434 valence electrons. The fourth-order valence-corrected chi connectivity index (χ4v) is 16.0. The van der Waals surface area contributed by atoms with Crippen molar-refractivity contribution in [1.82, 2.24) is 0 Å². The van der Waals surface area contributed by atoms with Crippen LogP contribution in [0.1, 0.15) is 101 Å². The SMILES string of the molecule is C/C=C(\C)C(=O)O[C@H]1[C@H](O)[C@]2(CO)[C@H](O)[C@H](O)[C@]3(C)C(=CC[C@@H]4[C@@]5(C)CC[C@H](O[C@@H]6O[C@H](C(=O)O)[C@@H](O)[C@H](O[C@@H]7O[C@H](CO)[C@H](O)[C@H](O)[C@H]7O)[C@H]6O[C@@H]6O[C@H](CO)[C@H](O)[C@H](O)[C@H]6O)C(C)(C)[C@@H]5CC[C@]43C)[C@@H]2CC1(C)C. The van der Waals surface area contributed by atoms with Crippen molar-refractivity contribution in [3.63, 3.8) is 0 Å². The minimum Gasteiger partial charge on any atom is -0.479 e. The molecule has 0 spiro atoms. The second-order valence-electron chi connectivity index (χ2n) is 25.1. The molecule has 23 heteroatoms. The molecule has 3 saturated heterocycles. The lowest BCUT2D eigenvalue weighted by Crippen LogP contribution is -2.76. The maximum Gasteiger partial charge on any atom is 0.335 e. The molecule has 4 saturated carbocycles. The van der Waals surface area contributed by atoms with E-state index in [9.17, 15) is 81.1 Å². The predicted molar refractivity (Wildman–Crippen MR) is 259 cm³/mol. The third kappa shape index (κ3) is 8.98. The number of hydrogen-bond acceptors (Lipinski definition) is 22. The summed E-state index contributed by atoms with van der Waals surface area (Å²) in [5.74, 6) is -3.23. The minimum atomic E-state index is -2.19. The first-order valence-electron chi connectivity index (χ1n) is 26.7. The zero-order valence-electron chi connectivity index (χ0n) is 44.7. The van der Waals surface area contributed by atoms with Crippen LogP contribution in [-0.2, 0) is 42.7 Å². The Labute approximate surface area is 442 Å². The van der Waals surface area contributed by atoms with Crippen LogP contribution in [0.4, 0.5) is 0 Å². The quantitative estimate of drug-likeness (QED) is 0.0440. The van der Waals surface area contributed by atoms with Crippen LogP contribution in [0.15, 0.2) is 23.3 Å². The molecule has 3 aliphatic heterocycles. The average molecular weight is 1090 g/mol. The number of allylic oxidation sites excluding steroid dienone is 2. The number of esters is 1. The molecule has 8 aliphatic rings. The second-order valence-corrected chi connectivity index (χ2v) is 25.1. The largest absolute Gasteiger partial charge is 0.479 e. The van der Waals surface area contributed by atoms with Crippen molar-refractivity contribution in [2.75, 3.05) is 19.8 Å². The van der Waals surface area contributed by atoms with Gasteiger partial charge in [0.25, 0.3) is 0 Å². The van der Waals surface area contributed by atoms with Gasteiger partial charge in [-0.1, -0.05) is 66.2 Å². The van der Waals surface area contributed by atoms with E-state index in [2.05, 4.69) is 19.9 Å². The average Bonchev–Trinajstić information content (AvgIpc) is 3.38. The Morgan fingerprint density at radius 1 is 0.671 bits per heavy atom. The lowest BCUT2D eigenvalue weighted by Gasteiger charge is -2.73. The maximum absolute atomic E-state index is 13.2. The summed E-state index contributed by atoms with van der Waals surface area (Å²) in [6.45, 7) is 15.0. The Morgan fingerprint density at radius 2 is 1.24 bits per heavy atom. The molecule has 0 amide bonds. The molecule has 0 radical (unpaired) electrons. The van der Waals surface area contributed by atoms with Gasteiger partial charge in [0.2, 0.25) is 0 Å². The van der Waals surface area contributed by atoms with E-state index in [0.29, 0.717) is 44.1 Å². The Hall–Kier alpha value is -2.34. The lowest BCUT2D eigenvalue weighted by molar-refractivity contribution is -0.396. The van der Waals surface area contributed by atoms with Gasteiger partial charge < -0.3 is 105 Å². The van der Waals surface area contributed by atoms with Crippen LogP contribution in [0.3, 0.4) is 0 Å². The van der Waals surface area contributed by atoms with E-state index in [1.54, 1.807) is 19.9 Å². The molecule has 0 bridgehead atoms. The van der Waals surface area contributed by atoms with E-state index in [-0.39, 0.29) is 11.8 Å². The molecule has 3 heterocycles. The van der Waals surface area contributed by atoms with Crippen molar-refractivity contribution >= 4 is 11.9 Å². The molecule has 0 unspecified atom stereocenters. The van der Waals surface area contributed by atoms with Gasteiger partial charge in [0.05, 0.1) is 43.5 Å². The van der Waals surface area contributed by atoms with Crippen molar-refractivity contribution in [1.29, 1.82) is 0 Å². The summed E-state index contributed by atoms with van der Waals surface area (Å²) in [6, 6.07) is 0. The number of carboxylic acid groups (broad SMARTS) is 1. The van der Waals surface area contributed by atoms with Crippen molar-refractivity contribution in [2.45, 2.75) is 223 Å². The highest BCUT2D eigenvalue weighted by Crippen LogP contribution is 2.76.